The molecule has 1 fully saturated rings. The zero-order valence-electron chi connectivity index (χ0n) is 9.38. The monoisotopic (exact) mass is 303 g/mol. The zero-order chi connectivity index (χ0) is 11.2. The van der Waals surface area contributed by atoms with Crippen molar-refractivity contribution in [2.24, 2.45) is 0 Å². The fourth-order valence-corrected chi connectivity index (χ4v) is 3.41. The lowest BCUT2D eigenvalue weighted by atomic mass is 10.1. The molecular weight excluding hydrogens is 286 g/mol. The molecule has 0 amide bonds. The Morgan fingerprint density at radius 2 is 2.38 bits per heavy atom. The van der Waals surface area contributed by atoms with Gasteiger partial charge in [0.1, 0.15) is 0 Å². The van der Waals surface area contributed by atoms with Gasteiger partial charge in [0.05, 0.1) is 9.89 Å². The molecule has 1 aliphatic heterocycles. The van der Waals surface area contributed by atoms with Gasteiger partial charge >= 0.3 is 0 Å². The average Bonchev–Trinajstić information content (AvgIpc) is 2.72. The van der Waals surface area contributed by atoms with Crippen LogP contribution in [0.4, 0.5) is 0 Å². The normalized spacial score (nSPS) is 21.2. The molecule has 90 valence electrons. The fourth-order valence-electron chi connectivity index (χ4n) is 1.96. The predicted molar refractivity (Wildman–Crippen MR) is 71.9 cm³/mol. The van der Waals surface area contributed by atoms with Gasteiger partial charge in [-0.3, -0.25) is 0 Å². The number of ether oxygens (including phenoxy) is 1. The van der Waals surface area contributed by atoms with Gasteiger partial charge in [0.25, 0.3) is 0 Å². The summed E-state index contributed by atoms with van der Waals surface area (Å²) in [7, 11) is 0. The summed E-state index contributed by atoms with van der Waals surface area (Å²) in [6.45, 7) is 2.99. The summed E-state index contributed by atoms with van der Waals surface area (Å²) in [6, 6.07) is 4.27. The molecule has 0 aromatic carbocycles. The van der Waals surface area contributed by atoms with Gasteiger partial charge in [0, 0.05) is 18.0 Å². The highest BCUT2D eigenvalue weighted by molar-refractivity contribution is 9.11. The van der Waals surface area contributed by atoms with E-state index in [0.717, 1.165) is 26.1 Å². The van der Waals surface area contributed by atoms with Crippen molar-refractivity contribution in [2.45, 2.75) is 38.3 Å². The Balaban J connectivity index is 1.57. The number of rotatable bonds is 5. The van der Waals surface area contributed by atoms with Crippen molar-refractivity contribution in [1.82, 2.24) is 5.32 Å². The molecule has 1 aliphatic rings. The van der Waals surface area contributed by atoms with Gasteiger partial charge in [-0.15, -0.1) is 11.3 Å². The molecule has 1 aromatic rings. The van der Waals surface area contributed by atoms with Gasteiger partial charge in [-0.05, 0) is 60.3 Å². The summed E-state index contributed by atoms with van der Waals surface area (Å²) >= 11 is 5.27. The Morgan fingerprint density at radius 3 is 3.06 bits per heavy atom. The van der Waals surface area contributed by atoms with Crippen LogP contribution < -0.4 is 5.32 Å². The lowest BCUT2D eigenvalue weighted by Gasteiger charge is -2.22. The highest BCUT2D eigenvalue weighted by Crippen LogP contribution is 2.21. The van der Waals surface area contributed by atoms with Crippen molar-refractivity contribution in [3.8, 4) is 0 Å². The Labute approximate surface area is 110 Å². The quantitative estimate of drug-likeness (QED) is 0.840. The first kappa shape index (κ1) is 12.6. The van der Waals surface area contributed by atoms with Crippen molar-refractivity contribution in [2.75, 3.05) is 13.2 Å². The highest BCUT2D eigenvalue weighted by Gasteiger charge is 2.12. The smallest absolute Gasteiger partial charge is 0.0701 e. The minimum Gasteiger partial charge on any atom is -0.378 e. The first-order valence-corrected chi connectivity index (χ1v) is 7.52. The van der Waals surface area contributed by atoms with Gasteiger partial charge in [-0.1, -0.05) is 0 Å². The largest absolute Gasteiger partial charge is 0.378 e. The molecule has 0 aliphatic carbocycles. The second-order valence-corrected chi connectivity index (χ2v) is 6.71. The van der Waals surface area contributed by atoms with E-state index in [0.29, 0.717) is 6.10 Å². The maximum atomic E-state index is 5.69. The number of nitrogens with one attached hydrogen (secondary N) is 1. The average molecular weight is 304 g/mol. The van der Waals surface area contributed by atoms with Crippen molar-refractivity contribution in [3.63, 3.8) is 0 Å². The molecule has 0 bridgehead atoms. The topological polar surface area (TPSA) is 21.3 Å². The van der Waals surface area contributed by atoms with Crippen LogP contribution in [0.1, 0.15) is 30.6 Å². The van der Waals surface area contributed by atoms with Crippen LogP contribution in [-0.4, -0.2) is 19.3 Å². The van der Waals surface area contributed by atoms with Crippen LogP contribution in [-0.2, 0) is 11.3 Å². The molecule has 0 saturated carbocycles. The summed E-state index contributed by atoms with van der Waals surface area (Å²) in [4.78, 5) is 1.39. The Morgan fingerprint density at radius 1 is 1.44 bits per heavy atom. The van der Waals surface area contributed by atoms with Crippen molar-refractivity contribution >= 4 is 27.3 Å². The zero-order valence-corrected chi connectivity index (χ0v) is 11.8. The molecule has 1 unspecified atom stereocenters. The number of hydrogen-bond acceptors (Lipinski definition) is 3. The van der Waals surface area contributed by atoms with E-state index in [-0.39, 0.29) is 0 Å². The lowest BCUT2D eigenvalue weighted by Crippen LogP contribution is -2.24. The van der Waals surface area contributed by atoms with E-state index in [1.807, 2.05) is 0 Å². The van der Waals surface area contributed by atoms with Gasteiger partial charge < -0.3 is 10.1 Å². The van der Waals surface area contributed by atoms with Crippen LogP contribution in [0.2, 0.25) is 0 Å². The van der Waals surface area contributed by atoms with E-state index in [2.05, 4.69) is 33.4 Å². The van der Waals surface area contributed by atoms with Gasteiger partial charge in [0.2, 0.25) is 0 Å². The standard InChI is InChI=1S/C12H18BrNOS/c13-12-5-4-11(16-12)9-14-7-6-10-3-1-2-8-15-10/h4-5,10,14H,1-3,6-9H2. The lowest BCUT2D eigenvalue weighted by molar-refractivity contribution is 0.0115. The molecule has 2 rings (SSSR count). The van der Waals surface area contributed by atoms with Gasteiger partial charge in [-0.2, -0.15) is 0 Å². The molecule has 16 heavy (non-hydrogen) atoms. The maximum absolute atomic E-state index is 5.69. The van der Waals surface area contributed by atoms with E-state index < -0.39 is 0 Å². The molecule has 0 radical (unpaired) electrons. The molecule has 2 heterocycles. The van der Waals surface area contributed by atoms with Crippen LogP contribution in [0.3, 0.4) is 0 Å². The molecule has 1 N–H and O–H groups in total. The Kier molecular flexibility index (Phi) is 5.29. The summed E-state index contributed by atoms with van der Waals surface area (Å²) in [5.74, 6) is 0. The Bertz CT molecular complexity index is 310. The summed E-state index contributed by atoms with van der Waals surface area (Å²) in [5, 5.41) is 3.47. The van der Waals surface area contributed by atoms with Crippen molar-refractivity contribution in [3.05, 3.63) is 20.8 Å². The van der Waals surface area contributed by atoms with Gasteiger partial charge in [-0.25, -0.2) is 0 Å². The van der Waals surface area contributed by atoms with E-state index >= 15 is 0 Å². The highest BCUT2D eigenvalue weighted by atomic mass is 79.9. The van der Waals surface area contributed by atoms with E-state index in [4.69, 9.17) is 4.74 Å². The Hall–Kier alpha value is 0.1000. The molecule has 1 saturated heterocycles. The molecule has 4 heteroatoms. The summed E-state index contributed by atoms with van der Waals surface area (Å²) in [5.41, 5.74) is 0. The first-order valence-electron chi connectivity index (χ1n) is 5.91. The first-order chi connectivity index (χ1) is 7.84. The summed E-state index contributed by atoms with van der Waals surface area (Å²) in [6.07, 6.45) is 5.46. The van der Waals surface area contributed by atoms with E-state index in [1.54, 1.807) is 11.3 Å². The maximum Gasteiger partial charge on any atom is 0.0701 e. The molecule has 0 spiro atoms. The van der Waals surface area contributed by atoms with E-state index in [1.165, 1.54) is 27.9 Å². The second-order valence-electron chi connectivity index (χ2n) is 4.16. The van der Waals surface area contributed by atoms with Crippen LogP contribution in [0.5, 0.6) is 0 Å². The third-order valence-electron chi connectivity index (χ3n) is 2.85. The molecular formula is C12H18BrNOS. The van der Waals surface area contributed by atoms with Crippen LogP contribution in [0.15, 0.2) is 15.9 Å². The molecule has 2 nitrogen and oxygen atoms in total. The van der Waals surface area contributed by atoms with E-state index in [9.17, 15) is 0 Å². The number of hydrogen-bond donors (Lipinski definition) is 1. The second kappa shape index (κ2) is 6.74. The SMILES string of the molecule is Brc1ccc(CNCCC2CCCCO2)s1. The third kappa shape index (κ3) is 4.17. The molecule has 1 atom stereocenters. The molecule has 1 aromatic heterocycles. The van der Waals surface area contributed by atoms with Gasteiger partial charge in [0.15, 0.2) is 0 Å². The predicted octanol–water partition coefficient (Wildman–Crippen LogP) is 3.56. The fraction of sp³-hybridized carbons (Fsp3) is 0.667. The number of thiophene rings is 1. The van der Waals surface area contributed by atoms with Crippen LogP contribution in [0, 0.1) is 0 Å². The van der Waals surface area contributed by atoms with Crippen molar-refractivity contribution in [1.29, 1.82) is 0 Å². The van der Waals surface area contributed by atoms with Crippen molar-refractivity contribution < 1.29 is 4.74 Å². The minimum absolute atomic E-state index is 0.497. The minimum atomic E-state index is 0.497. The van der Waals surface area contributed by atoms with Crippen LogP contribution >= 0.6 is 27.3 Å². The number of halogens is 1. The summed E-state index contributed by atoms with van der Waals surface area (Å²) < 4.78 is 6.90. The van der Waals surface area contributed by atoms with Crippen LogP contribution in [0.25, 0.3) is 0 Å². The third-order valence-corrected chi connectivity index (χ3v) is 4.47.